The van der Waals surface area contributed by atoms with Gasteiger partial charge in [0, 0.05) is 30.1 Å². The Morgan fingerprint density at radius 1 is 1.14 bits per heavy atom. The highest BCUT2D eigenvalue weighted by atomic mass is 32.1. The zero-order valence-electron chi connectivity index (χ0n) is 21.5. The maximum atomic E-state index is 13.8. The van der Waals surface area contributed by atoms with Gasteiger partial charge in [0.05, 0.1) is 12.1 Å². The van der Waals surface area contributed by atoms with E-state index in [9.17, 15) is 9.59 Å². The Labute approximate surface area is 222 Å². The summed E-state index contributed by atoms with van der Waals surface area (Å²) in [5, 5.41) is 2.09. The Bertz CT molecular complexity index is 1240. The van der Waals surface area contributed by atoms with E-state index in [0.717, 1.165) is 36.1 Å². The number of ether oxygens (including phenoxy) is 2. The maximum Gasteiger partial charge on any atom is 0.254 e. The van der Waals surface area contributed by atoms with Crippen molar-refractivity contribution in [2.75, 3.05) is 32.8 Å². The van der Waals surface area contributed by atoms with E-state index < -0.39 is 0 Å². The van der Waals surface area contributed by atoms with Crippen LogP contribution in [0.3, 0.4) is 0 Å². The molecule has 5 rings (SSSR count). The standard InChI is InChI=1S/C30H34N2O4S/c1-21-10-11-27(22(2)17-21)36-20-26-25-13-16-37-28(25)12-14-32(26)29(33)19-31(18-24-9-6-15-35-24)30(34)23-7-4-3-5-8-23/h3-5,7-8,10-11,13,16-17,24,26H,6,9,12,14-15,18-20H2,1-2H3. The van der Waals surface area contributed by atoms with Gasteiger partial charge in [0.25, 0.3) is 5.91 Å². The smallest absolute Gasteiger partial charge is 0.254 e. The lowest BCUT2D eigenvalue weighted by molar-refractivity contribution is -0.135. The average Bonchev–Trinajstić information content (AvgIpc) is 3.60. The van der Waals surface area contributed by atoms with E-state index >= 15 is 0 Å². The van der Waals surface area contributed by atoms with Gasteiger partial charge in [-0.15, -0.1) is 11.3 Å². The Morgan fingerprint density at radius 3 is 2.73 bits per heavy atom. The third kappa shape index (κ3) is 5.89. The molecular formula is C30H34N2O4S. The number of hydrogen-bond donors (Lipinski definition) is 0. The van der Waals surface area contributed by atoms with Crippen molar-refractivity contribution in [3.05, 3.63) is 87.1 Å². The summed E-state index contributed by atoms with van der Waals surface area (Å²) >= 11 is 1.73. The maximum absolute atomic E-state index is 13.8. The van der Waals surface area contributed by atoms with Crippen LogP contribution >= 0.6 is 11.3 Å². The summed E-state index contributed by atoms with van der Waals surface area (Å²) in [5.41, 5.74) is 4.00. The molecule has 2 atom stereocenters. The van der Waals surface area contributed by atoms with Gasteiger partial charge in [-0.2, -0.15) is 0 Å². The second-order valence-electron chi connectivity index (χ2n) is 9.92. The summed E-state index contributed by atoms with van der Waals surface area (Å²) in [7, 11) is 0. The van der Waals surface area contributed by atoms with Gasteiger partial charge in [-0.3, -0.25) is 9.59 Å². The topological polar surface area (TPSA) is 59.1 Å². The van der Waals surface area contributed by atoms with Gasteiger partial charge >= 0.3 is 0 Å². The molecule has 0 spiro atoms. The number of fused-ring (bicyclic) bond motifs is 1. The van der Waals surface area contributed by atoms with Gasteiger partial charge in [-0.1, -0.05) is 35.9 Å². The number of carbonyl (C=O) groups excluding carboxylic acids is 2. The number of amides is 2. The van der Waals surface area contributed by atoms with E-state index in [1.165, 1.54) is 10.4 Å². The molecule has 2 aliphatic heterocycles. The highest BCUT2D eigenvalue weighted by Crippen LogP contribution is 2.34. The van der Waals surface area contributed by atoms with Gasteiger partial charge in [-0.05, 0) is 73.9 Å². The van der Waals surface area contributed by atoms with Gasteiger partial charge in [0.1, 0.15) is 18.9 Å². The highest BCUT2D eigenvalue weighted by molar-refractivity contribution is 7.10. The lowest BCUT2D eigenvalue weighted by Crippen LogP contribution is -2.49. The molecule has 2 aromatic carbocycles. The number of aryl methyl sites for hydroxylation is 2. The SMILES string of the molecule is Cc1ccc(OCC2c3ccsc3CCN2C(=O)CN(CC2CCCO2)C(=O)c2ccccc2)c(C)c1. The molecule has 2 aliphatic rings. The molecule has 1 aromatic heterocycles. The van der Waals surface area contributed by atoms with Crippen LogP contribution in [0.4, 0.5) is 0 Å². The van der Waals surface area contributed by atoms with Crippen LogP contribution in [0.5, 0.6) is 5.75 Å². The quantitative estimate of drug-likeness (QED) is 0.412. The summed E-state index contributed by atoms with van der Waals surface area (Å²) < 4.78 is 12.1. The van der Waals surface area contributed by atoms with E-state index in [2.05, 4.69) is 24.4 Å². The second-order valence-corrected chi connectivity index (χ2v) is 10.9. The average molecular weight is 519 g/mol. The lowest BCUT2D eigenvalue weighted by Gasteiger charge is -2.37. The largest absolute Gasteiger partial charge is 0.491 e. The van der Waals surface area contributed by atoms with Crippen molar-refractivity contribution in [1.29, 1.82) is 0 Å². The van der Waals surface area contributed by atoms with E-state index in [0.29, 0.717) is 31.9 Å². The molecule has 2 amide bonds. The van der Waals surface area contributed by atoms with Crippen molar-refractivity contribution < 1.29 is 19.1 Å². The summed E-state index contributed by atoms with van der Waals surface area (Å²) in [6.45, 7) is 6.23. The van der Waals surface area contributed by atoms with E-state index in [4.69, 9.17) is 9.47 Å². The molecule has 2 unspecified atom stereocenters. The van der Waals surface area contributed by atoms with Gasteiger partial charge in [0.2, 0.25) is 5.91 Å². The van der Waals surface area contributed by atoms with Crippen molar-refractivity contribution in [1.82, 2.24) is 9.80 Å². The highest BCUT2D eigenvalue weighted by Gasteiger charge is 2.34. The Balaban J connectivity index is 1.35. The number of carbonyl (C=O) groups is 2. The third-order valence-corrected chi connectivity index (χ3v) is 8.22. The summed E-state index contributed by atoms with van der Waals surface area (Å²) in [6.07, 6.45) is 2.67. The predicted octanol–water partition coefficient (Wildman–Crippen LogP) is 5.19. The first-order chi connectivity index (χ1) is 18.0. The molecule has 1 saturated heterocycles. The minimum absolute atomic E-state index is 0.0209. The first-order valence-corrected chi connectivity index (χ1v) is 13.9. The van der Waals surface area contributed by atoms with Gasteiger partial charge in [-0.25, -0.2) is 0 Å². The number of nitrogens with zero attached hydrogens (tertiary/aromatic N) is 2. The van der Waals surface area contributed by atoms with Crippen molar-refractivity contribution in [3.8, 4) is 5.75 Å². The van der Waals surface area contributed by atoms with E-state index in [1.807, 2.05) is 42.2 Å². The molecule has 37 heavy (non-hydrogen) atoms. The minimum atomic E-state index is -0.195. The van der Waals surface area contributed by atoms with Crippen LogP contribution in [0.2, 0.25) is 0 Å². The summed E-state index contributed by atoms with van der Waals surface area (Å²) in [4.78, 5) is 32.1. The predicted molar refractivity (Wildman–Crippen MR) is 145 cm³/mol. The number of hydrogen-bond acceptors (Lipinski definition) is 5. The molecule has 0 N–H and O–H groups in total. The van der Waals surface area contributed by atoms with Crippen molar-refractivity contribution in [2.45, 2.75) is 45.3 Å². The molecule has 0 radical (unpaired) electrons. The van der Waals surface area contributed by atoms with Gasteiger partial charge < -0.3 is 19.3 Å². The van der Waals surface area contributed by atoms with Crippen molar-refractivity contribution >= 4 is 23.2 Å². The van der Waals surface area contributed by atoms with Crippen LogP contribution in [-0.4, -0.2) is 60.6 Å². The molecule has 194 valence electrons. The zero-order chi connectivity index (χ0) is 25.8. The number of benzene rings is 2. The Kier molecular flexibility index (Phi) is 7.91. The molecule has 0 bridgehead atoms. The van der Waals surface area contributed by atoms with Crippen LogP contribution in [0, 0.1) is 13.8 Å². The van der Waals surface area contributed by atoms with Crippen LogP contribution in [0.1, 0.15) is 50.8 Å². The zero-order valence-corrected chi connectivity index (χ0v) is 22.3. The Hall–Kier alpha value is -3.16. The summed E-state index contributed by atoms with van der Waals surface area (Å²) in [5.74, 6) is 0.633. The first kappa shape index (κ1) is 25.5. The van der Waals surface area contributed by atoms with Crippen LogP contribution in [0.25, 0.3) is 0 Å². The molecule has 0 saturated carbocycles. The van der Waals surface area contributed by atoms with Crippen molar-refractivity contribution in [3.63, 3.8) is 0 Å². The van der Waals surface area contributed by atoms with Gasteiger partial charge in [0.15, 0.2) is 0 Å². The monoisotopic (exact) mass is 518 g/mol. The molecule has 0 aliphatic carbocycles. The van der Waals surface area contributed by atoms with Crippen molar-refractivity contribution in [2.24, 2.45) is 0 Å². The lowest BCUT2D eigenvalue weighted by atomic mass is 10.00. The second kappa shape index (κ2) is 11.5. The van der Waals surface area contributed by atoms with E-state index in [-0.39, 0.29) is 30.5 Å². The van der Waals surface area contributed by atoms with Crippen LogP contribution < -0.4 is 4.74 Å². The molecule has 1 fully saturated rings. The Morgan fingerprint density at radius 2 is 1.97 bits per heavy atom. The fraction of sp³-hybridized carbons (Fsp3) is 0.400. The van der Waals surface area contributed by atoms with Crippen LogP contribution in [-0.2, 0) is 16.0 Å². The summed E-state index contributed by atoms with van der Waals surface area (Å²) in [6, 6.07) is 17.2. The minimum Gasteiger partial charge on any atom is -0.491 e. The normalized spacial score (nSPS) is 18.9. The number of rotatable bonds is 8. The fourth-order valence-corrected chi connectivity index (χ4v) is 6.20. The third-order valence-electron chi connectivity index (χ3n) is 7.22. The van der Waals surface area contributed by atoms with Crippen LogP contribution in [0.15, 0.2) is 60.0 Å². The molecule has 3 aromatic rings. The number of thiophene rings is 1. The van der Waals surface area contributed by atoms with E-state index in [1.54, 1.807) is 28.4 Å². The molecule has 7 heteroatoms. The fourth-order valence-electron chi connectivity index (χ4n) is 5.28. The first-order valence-electron chi connectivity index (χ1n) is 13.0. The molecular weight excluding hydrogens is 484 g/mol. The molecule has 3 heterocycles. The molecule has 6 nitrogen and oxygen atoms in total.